The Hall–Kier alpha value is -1.20. The lowest BCUT2D eigenvalue weighted by molar-refractivity contribution is 0.134. The summed E-state index contributed by atoms with van der Waals surface area (Å²) in [7, 11) is 0. The SMILES string of the molecule is Cc1cc(C(N)=S)cc(NCCOCC2CC2)n1. The number of hydrogen-bond acceptors (Lipinski definition) is 4. The van der Waals surface area contributed by atoms with Crippen LogP contribution in [0.1, 0.15) is 24.1 Å². The fourth-order valence-electron chi connectivity index (χ4n) is 1.69. The highest BCUT2D eigenvalue weighted by Crippen LogP contribution is 2.28. The van der Waals surface area contributed by atoms with Gasteiger partial charge in [-0.2, -0.15) is 0 Å². The second kappa shape index (κ2) is 6.11. The van der Waals surface area contributed by atoms with Crippen molar-refractivity contribution in [2.75, 3.05) is 25.1 Å². The highest BCUT2D eigenvalue weighted by molar-refractivity contribution is 7.80. The minimum atomic E-state index is 0.397. The maximum absolute atomic E-state index is 5.62. The van der Waals surface area contributed by atoms with E-state index in [4.69, 9.17) is 22.7 Å². The molecule has 0 saturated heterocycles. The van der Waals surface area contributed by atoms with Gasteiger partial charge in [-0.15, -0.1) is 0 Å². The highest BCUT2D eigenvalue weighted by Gasteiger charge is 2.20. The number of rotatable bonds is 7. The Labute approximate surface area is 113 Å². The Balaban J connectivity index is 1.78. The van der Waals surface area contributed by atoms with E-state index in [0.717, 1.165) is 36.1 Å². The average molecular weight is 265 g/mol. The third-order valence-corrected chi connectivity index (χ3v) is 3.08. The van der Waals surface area contributed by atoms with Crippen LogP contribution in [-0.2, 0) is 4.74 Å². The van der Waals surface area contributed by atoms with E-state index >= 15 is 0 Å². The summed E-state index contributed by atoms with van der Waals surface area (Å²) >= 11 is 4.97. The molecule has 0 aromatic carbocycles. The van der Waals surface area contributed by atoms with Gasteiger partial charge in [0.05, 0.1) is 6.61 Å². The Morgan fingerprint density at radius 1 is 1.56 bits per heavy atom. The number of pyridine rings is 1. The van der Waals surface area contributed by atoms with Gasteiger partial charge in [-0.3, -0.25) is 0 Å². The van der Waals surface area contributed by atoms with Gasteiger partial charge in [0.2, 0.25) is 0 Å². The molecule has 1 fully saturated rings. The van der Waals surface area contributed by atoms with Gasteiger partial charge in [-0.05, 0) is 37.8 Å². The van der Waals surface area contributed by atoms with E-state index in [2.05, 4.69) is 10.3 Å². The maximum atomic E-state index is 5.62. The number of ether oxygens (including phenoxy) is 1. The molecule has 0 aliphatic heterocycles. The molecule has 0 unspecified atom stereocenters. The Morgan fingerprint density at radius 2 is 2.33 bits per heavy atom. The molecular formula is C13H19N3OS. The number of anilines is 1. The molecule has 4 nitrogen and oxygen atoms in total. The Bertz CT molecular complexity index is 432. The number of nitrogens with two attached hydrogens (primary N) is 1. The first-order chi connectivity index (χ1) is 8.65. The lowest BCUT2D eigenvalue weighted by Gasteiger charge is -2.09. The predicted molar refractivity (Wildman–Crippen MR) is 76.9 cm³/mol. The van der Waals surface area contributed by atoms with Crippen LogP contribution in [0.15, 0.2) is 12.1 Å². The zero-order valence-electron chi connectivity index (χ0n) is 10.6. The normalized spacial score (nSPS) is 14.5. The van der Waals surface area contributed by atoms with E-state index in [0.29, 0.717) is 11.6 Å². The lowest BCUT2D eigenvalue weighted by Crippen LogP contribution is -2.14. The van der Waals surface area contributed by atoms with Crippen molar-refractivity contribution in [2.24, 2.45) is 11.7 Å². The molecule has 18 heavy (non-hydrogen) atoms. The van der Waals surface area contributed by atoms with E-state index in [1.54, 1.807) is 0 Å². The molecule has 0 spiro atoms. The van der Waals surface area contributed by atoms with Crippen LogP contribution in [0.5, 0.6) is 0 Å². The zero-order valence-corrected chi connectivity index (χ0v) is 11.4. The van der Waals surface area contributed by atoms with E-state index in [1.807, 2.05) is 19.1 Å². The topological polar surface area (TPSA) is 60.2 Å². The van der Waals surface area contributed by atoms with Crippen LogP contribution in [0.25, 0.3) is 0 Å². The molecule has 1 heterocycles. The number of nitrogens with one attached hydrogen (secondary N) is 1. The molecule has 0 bridgehead atoms. The van der Waals surface area contributed by atoms with Gasteiger partial charge >= 0.3 is 0 Å². The van der Waals surface area contributed by atoms with Gasteiger partial charge in [-0.25, -0.2) is 4.98 Å². The van der Waals surface area contributed by atoms with Crippen molar-refractivity contribution >= 4 is 23.0 Å². The first-order valence-electron chi connectivity index (χ1n) is 6.25. The number of aromatic nitrogens is 1. The van der Waals surface area contributed by atoms with Crippen molar-refractivity contribution in [2.45, 2.75) is 19.8 Å². The fraction of sp³-hybridized carbons (Fsp3) is 0.538. The van der Waals surface area contributed by atoms with Gasteiger partial charge < -0.3 is 15.8 Å². The summed E-state index contributed by atoms with van der Waals surface area (Å²) in [6.45, 7) is 4.27. The van der Waals surface area contributed by atoms with E-state index in [1.165, 1.54) is 12.8 Å². The van der Waals surface area contributed by atoms with Gasteiger partial charge in [0.15, 0.2) is 0 Å². The molecule has 1 aromatic rings. The first-order valence-corrected chi connectivity index (χ1v) is 6.66. The van der Waals surface area contributed by atoms with E-state index in [-0.39, 0.29) is 0 Å². The van der Waals surface area contributed by atoms with Crippen LogP contribution < -0.4 is 11.1 Å². The summed E-state index contributed by atoms with van der Waals surface area (Å²) in [5, 5.41) is 3.22. The van der Waals surface area contributed by atoms with Gasteiger partial charge in [0, 0.05) is 24.4 Å². The summed E-state index contributed by atoms with van der Waals surface area (Å²) < 4.78 is 5.55. The molecular weight excluding hydrogens is 246 g/mol. The summed E-state index contributed by atoms with van der Waals surface area (Å²) in [6.07, 6.45) is 2.65. The second-order valence-electron chi connectivity index (χ2n) is 4.69. The third kappa shape index (κ3) is 4.23. The minimum Gasteiger partial charge on any atom is -0.389 e. The smallest absolute Gasteiger partial charge is 0.126 e. The maximum Gasteiger partial charge on any atom is 0.126 e. The molecule has 2 rings (SSSR count). The molecule has 5 heteroatoms. The van der Waals surface area contributed by atoms with Crippen molar-refractivity contribution in [3.05, 3.63) is 23.4 Å². The Kier molecular flexibility index (Phi) is 4.49. The van der Waals surface area contributed by atoms with Crippen LogP contribution in [0.3, 0.4) is 0 Å². The predicted octanol–water partition coefficient (Wildman–Crippen LogP) is 1.86. The minimum absolute atomic E-state index is 0.397. The van der Waals surface area contributed by atoms with Crippen molar-refractivity contribution in [1.29, 1.82) is 0 Å². The molecule has 0 amide bonds. The molecule has 0 radical (unpaired) electrons. The molecule has 0 atom stereocenters. The van der Waals surface area contributed by atoms with Crippen LogP contribution in [0, 0.1) is 12.8 Å². The standard InChI is InChI=1S/C13H19N3OS/c1-9-6-11(13(14)18)7-12(16-9)15-4-5-17-8-10-2-3-10/h6-7,10H,2-5,8H2,1H3,(H2,14,18)(H,15,16). The molecule has 1 aliphatic rings. The summed E-state index contributed by atoms with van der Waals surface area (Å²) in [4.78, 5) is 4.78. The van der Waals surface area contributed by atoms with E-state index < -0.39 is 0 Å². The van der Waals surface area contributed by atoms with Crippen LogP contribution >= 0.6 is 12.2 Å². The van der Waals surface area contributed by atoms with Crippen LogP contribution in [-0.4, -0.2) is 29.7 Å². The highest BCUT2D eigenvalue weighted by atomic mass is 32.1. The number of aryl methyl sites for hydroxylation is 1. The number of nitrogens with zero attached hydrogens (tertiary/aromatic N) is 1. The van der Waals surface area contributed by atoms with Gasteiger partial charge in [0.25, 0.3) is 0 Å². The fourth-order valence-corrected chi connectivity index (χ4v) is 1.81. The van der Waals surface area contributed by atoms with Crippen molar-refractivity contribution < 1.29 is 4.74 Å². The molecule has 98 valence electrons. The zero-order chi connectivity index (χ0) is 13.0. The second-order valence-corrected chi connectivity index (χ2v) is 5.13. The quantitative estimate of drug-likeness (QED) is 0.582. The molecule has 1 aromatic heterocycles. The van der Waals surface area contributed by atoms with Crippen molar-refractivity contribution in [3.63, 3.8) is 0 Å². The average Bonchev–Trinajstić information content (AvgIpc) is 3.12. The molecule has 1 saturated carbocycles. The van der Waals surface area contributed by atoms with Crippen LogP contribution in [0.2, 0.25) is 0 Å². The van der Waals surface area contributed by atoms with Crippen molar-refractivity contribution in [1.82, 2.24) is 4.98 Å². The summed E-state index contributed by atoms with van der Waals surface area (Å²) in [5.74, 6) is 1.61. The Morgan fingerprint density at radius 3 is 3.00 bits per heavy atom. The number of hydrogen-bond donors (Lipinski definition) is 2. The molecule has 3 N–H and O–H groups in total. The monoisotopic (exact) mass is 265 g/mol. The third-order valence-electron chi connectivity index (χ3n) is 2.84. The molecule has 1 aliphatic carbocycles. The van der Waals surface area contributed by atoms with E-state index in [9.17, 15) is 0 Å². The van der Waals surface area contributed by atoms with Crippen LogP contribution in [0.4, 0.5) is 5.82 Å². The van der Waals surface area contributed by atoms with Crippen molar-refractivity contribution in [3.8, 4) is 0 Å². The first kappa shape index (κ1) is 13.2. The number of thiocarbonyl (C=S) groups is 1. The summed E-state index contributed by atoms with van der Waals surface area (Å²) in [6, 6.07) is 3.76. The largest absolute Gasteiger partial charge is 0.389 e. The van der Waals surface area contributed by atoms with Gasteiger partial charge in [0.1, 0.15) is 10.8 Å². The summed E-state index contributed by atoms with van der Waals surface area (Å²) in [5.41, 5.74) is 7.37. The van der Waals surface area contributed by atoms with Gasteiger partial charge in [-0.1, -0.05) is 12.2 Å². The lowest BCUT2D eigenvalue weighted by atomic mass is 10.2.